The van der Waals surface area contributed by atoms with Gasteiger partial charge in [0.15, 0.2) is 5.79 Å². The molecule has 0 spiro atoms. The number of nitrogens with zero attached hydrogens (tertiary/aromatic N) is 1. The van der Waals surface area contributed by atoms with E-state index in [2.05, 4.69) is 5.32 Å². The summed E-state index contributed by atoms with van der Waals surface area (Å²) in [6, 6.07) is 4.82. The molecule has 7 heteroatoms. The molecule has 0 amide bonds. The minimum absolute atomic E-state index is 0.243. The molecule has 0 unspecified atom stereocenters. The van der Waals surface area contributed by atoms with Gasteiger partial charge in [0.2, 0.25) is 0 Å². The van der Waals surface area contributed by atoms with Crippen LogP contribution in [0, 0.1) is 11.3 Å². The number of hydrogen-bond donors (Lipinski definition) is 1. The molecule has 21 heavy (non-hydrogen) atoms. The summed E-state index contributed by atoms with van der Waals surface area (Å²) in [6.07, 6.45) is -4.57. The van der Waals surface area contributed by atoms with E-state index in [1.54, 1.807) is 19.9 Å². The van der Waals surface area contributed by atoms with E-state index in [9.17, 15) is 13.2 Å². The third kappa shape index (κ3) is 3.86. The number of nitriles is 1. The van der Waals surface area contributed by atoms with Crippen LogP contribution in [0.3, 0.4) is 0 Å². The number of ether oxygens (including phenoxy) is 2. The predicted octanol–water partition coefficient (Wildman–Crippen LogP) is 3.14. The minimum atomic E-state index is -4.57. The van der Waals surface area contributed by atoms with Gasteiger partial charge in [0.25, 0.3) is 0 Å². The molecule has 0 bridgehead atoms. The number of benzene rings is 1. The minimum Gasteiger partial charge on any atom is -0.378 e. The van der Waals surface area contributed by atoms with Crippen LogP contribution in [0.25, 0.3) is 0 Å². The SMILES string of the molecule is CC1(C)OCC(Nc2ccc(C#N)c(C(F)(F)F)c2)CO1. The Morgan fingerprint density at radius 3 is 2.43 bits per heavy atom. The lowest BCUT2D eigenvalue weighted by Crippen LogP contribution is -2.45. The van der Waals surface area contributed by atoms with Crippen molar-refractivity contribution in [3.63, 3.8) is 0 Å². The summed E-state index contributed by atoms with van der Waals surface area (Å²) in [6.45, 7) is 4.20. The zero-order chi connectivity index (χ0) is 15.7. The molecule has 1 heterocycles. The Hall–Kier alpha value is -1.78. The quantitative estimate of drug-likeness (QED) is 0.911. The summed E-state index contributed by atoms with van der Waals surface area (Å²) in [5.41, 5.74) is -1.07. The fourth-order valence-electron chi connectivity index (χ4n) is 1.98. The Labute approximate surface area is 120 Å². The van der Waals surface area contributed by atoms with Gasteiger partial charge in [0, 0.05) is 5.69 Å². The summed E-state index contributed by atoms with van der Waals surface area (Å²) in [5, 5.41) is 11.7. The van der Waals surface area contributed by atoms with Gasteiger partial charge in [0.05, 0.1) is 36.5 Å². The van der Waals surface area contributed by atoms with Crippen molar-refractivity contribution >= 4 is 5.69 Å². The Morgan fingerprint density at radius 2 is 1.90 bits per heavy atom. The van der Waals surface area contributed by atoms with E-state index < -0.39 is 23.1 Å². The van der Waals surface area contributed by atoms with Crippen molar-refractivity contribution in [1.82, 2.24) is 0 Å². The number of anilines is 1. The molecule has 1 aromatic rings. The Kier molecular flexibility index (Phi) is 4.12. The first-order chi connectivity index (χ1) is 9.71. The third-order valence-corrected chi connectivity index (χ3v) is 3.08. The highest BCUT2D eigenvalue weighted by Crippen LogP contribution is 2.33. The lowest BCUT2D eigenvalue weighted by atomic mass is 10.1. The molecule has 1 N–H and O–H groups in total. The molecule has 2 rings (SSSR count). The van der Waals surface area contributed by atoms with Crippen LogP contribution in [-0.2, 0) is 15.7 Å². The molecule has 1 aliphatic rings. The summed E-state index contributed by atoms with van der Waals surface area (Å²) < 4.78 is 49.5. The average Bonchev–Trinajstić information content (AvgIpc) is 2.40. The summed E-state index contributed by atoms with van der Waals surface area (Å²) in [7, 11) is 0. The largest absolute Gasteiger partial charge is 0.417 e. The van der Waals surface area contributed by atoms with Crippen molar-refractivity contribution in [3.05, 3.63) is 29.3 Å². The van der Waals surface area contributed by atoms with Gasteiger partial charge in [-0.1, -0.05) is 0 Å². The summed E-state index contributed by atoms with van der Waals surface area (Å²) in [5.74, 6) is -0.681. The summed E-state index contributed by atoms with van der Waals surface area (Å²) >= 11 is 0. The molecule has 1 fully saturated rings. The monoisotopic (exact) mass is 300 g/mol. The predicted molar refractivity (Wildman–Crippen MR) is 69.6 cm³/mol. The second-order valence-corrected chi connectivity index (χ2v) is 5.23. The van der Waals surface area contributed by atoms with Crippen LogP contribution in [0.2, 0.25) is 0 Å². The number of halogens is 3. The maximum Gasteiger partial charge on any atom is 0.417 e. The van der Waals surface area contributed by atoms with Gasteiger partial charge < -0.3 is 14.8 Å². The Morgan fingerprint density at radius 1 is 1.29 bits per heavy atom. The normalized spacial score (nSPS) is 19.0. The van der Waals surface area contributed by atoms with Gasteiger partial charge >= 0.3 is 6.18 Å². The zero-order valence-electron chi connectivity index (χ0n) is 11.6. The maximum absolute atomic E-state index is 12.9. The van der Waals surface area contributed by atoms with Crippen molar-refractivity contribution in [2.75, 3.05) is 18.5 Å². The van der Waals surface area contributed by atoms with Gasteiger partial charge in [0.1, 0.15) is 0 Å². The highest BCUT2D eigenvalue weighted by Gasteiger charge is 2.34. The van der Waals surface area contributed by atoms with Crippen LogP contribution in [0.4, 0.5) is 18.9 Å². The molecular weight excluding hydrogens is 285 g/mol. The smallest absolute Gasteiger partial charge is 0.378 e. The second-order valence-electron chi connectivity index (χ2n) is 5.23. The average molecular weight is 300 g/mol. The van der Waals surface area contributed by atoms with E-state index in [-0.39, 0.29) is 11.7 Å². The molecule has 0 saturated carbocycles. The molecule has 1 saturated heterocycles. The van der Waals surface area contributed by atoms with Crippen molar-refractivity contribution in [3.8, 4) is 6.07 Å². The molecule has 1 aromatic carbocycles. The van der Waals surface area contributed by atoms with Crippen LogP contribution in [0.15, 0.2) is 18.2 Å². The van der Waals surface area contributed by atoms with Crippen molar-refractivity contribution in [1.29, 1.82) is 5.26 Å². The van der Waals surface area contributed by atoms with Crippen LogP contribution in [0.1, 0.15) is 25.0 Å². The first-order valence-corrected chi connectivity index (χ1v) is 6.37. The molecular formula is C14H15F3N2O2. The highest BCUT2D eigenvalue weighted by atomic mass is 19.4. The van der Waals surface area contributed by atoms with Gasteiger partial charge in [-0.2, -0.15) is 18.4 Å². The van der Waals surface area contributed by atoms with Crippen LogP contribution in [0.5, 0.6) is 0 Å². The number of hydrogen-bond acceptors (Lipinski definition) is 4. The van der Waals surface area contributed by atoms with Crippen molar-refractivity contribution in [2.24, 2.45) is 0 Å². The Balaban J connectivity index is 2.14. The van der Waals surface area contributed by atoms with E-state index >= 15 is 0 Å². The van der Waals surface area contributed by atoms with Crippen molar-refractivity contribution < 1.29 is 22.6 Å². The molecule has 0 aromatic heterocycles. The zero-order valence-corrected chi connectivity index (χ0v) is 11.6. The van der Waals surface area contributed by atoms with Gasteiger partial charge in [-0.15, -0.1) is 0 Å². The van der Waals surface area contributed by atoms with E-state index in [0.717, 1.165) is 12.1 Å². The molecule has 0 atom stereocenters. The van der Waals surface area contributed by atoms with Gasteiger partial charge in [-0.05, 0) is 32.0 Å². The van der Waals surface area contributed by atoms with Gasteiger partial charge in [-0.3, -0.25) is 0 Å². The molecule has 114 valence electrons. The highest BCUT2D eigenvalue weighted by molar-refractivity contribution is 5.53. The number of alkyl halides is 3. The second kappa shape index (κ2) is 5.54. The topological polar surface area (TPSA) is 54.3 Å². The number of rotatable bonds is 2. The first-order valence-electron chi connectivity index (χ1n) is 6.37. The van der Waals surface area contributed by atoms with E-state index in [1.165, 1.54) is 6.07 Å². The molecule has 4 nitrogen and oxygen atoms in total. The lowest BCUT2D eigenvalue weighted by molar-refractivity contribution is -0.247. The molecule has 1 aliphatic heterocycles. The van der Waals surface area contributed by atoms with E-state index in [0.29, 0.717) is 13.2 Å². The summed E-state index contributed by atoms with van der Waals surface area (Å²) in [4.78, 5) is 0. The van der Waals surface area contributed by atoms with E-state index in [1.807, 2.05) is 0 Å². The molecule has 0 radical (unpaired) electrons. The molecule has 0 aliphatic carbocycles. The van der Waals surface area contributed by atoms with Gasteiger partial charge in [-0.25, -0.2) is 0 Å². The standard InChI is InChI=1S/C14H15F3N2O2/c1-13(2)20-7-11(8-21-13)19-10-4-3-9(6-18)12(5-10)14(15,16)17/h3-5,11,19H,7-8H2,1-2H3. The van der Waals surface area contributed by atoms with Crippen LogP contribution < -0.4 is 5.32 Å². The third-order valence-electron chi connectivity index (χ3n) is 3.08. The Bertz CT molecular complexity index is 554. The number of nitrogens with one attached hydrogen (secondary N) is 1. The van der Waals surface area contributed by atoms with Crippen LogP contribution in [-0.4, -0.2) is 25.0 Å². The maximum atomic E-state index is 12.9. The van der Waals surface area contributed by atoms with Crippen molar-refractivity contribution in [2.45, 2.75) is 31.9 Å². The lowest BCUT2D eigenvalue weighted by Gasteiger charge is -2.35. The van der Waals surface area contributed by atoms with E-state index in [4.69, 9.17) is 14.7 Å². The fraction of sp³-hybridized carbons (Fsp3) is 0.500. The fourth-order valence-corrected chi connectivity index (χ4v) is 1.98. The van der Waals surface area contributed by atoms with Crippen LogP contribution >= 0.6 is 0 Å². The first kappa shape index (κ1) is 15.6.